The Morgan fingerprint density at radius 3 is 1.34 bits per heavy atom. The van der Waals surface area contributed by atoms with Crippen LogP contribution in [0.1, 0.15) is 0 Å². The van der Waals surface area contributed by atoms with Crippen molar-refractivity contribution in [2.24, 2.45) is 0 Å². The van der Waals surface area contributed by atoms with Crippen LogP contribution in [0, 0.1) is 0 Å². The normalized spacial score (nSPS) is 11.6. The van der Waals surface area contributed by atoms with E-state index in [1.165, 1.54) is 21.8 Å². The fourth-order valence-corrected chi connectivity index (χ4v) is 6.69. The van der Waals surface area contributed by atoms with E-state index in [0.29, 0.717) is 23.2 Å². The Bertz CT molecular complexity index is 2580. The molecule has 0 saturated carbocycles. The highest BCUT2D eigenvalue weighted by atomic mass is 16.4. The van der Waals surface area contributed by atoms with Gasteiger partial charge in [-0.2, -0.15) is 0 Å². The predicted molar refractivity (Wildman–Crippen MR) is 197 cm³/mol. The molecule has 5 aromatic carbocycles. The summed E-state index contributed by atoms with van der Waals surface area (Å²) in [6.07, 6.45) is 3.41. The first-order valence-corrected chi connectivity index (χ1v) is 16.3. The molecule has 236 valence electrons. The van der Waals surface area contributed by atoms with Crippen molar-refractivity contribution in [2.45, 2.75) is 0 Å². The minimum absolute atomic E-state index is 0.520. The van der Waals surface area contributed by atoms with Crippen molar-refractivity contribution >= 4 is 61.3 Å². The Kier molecular flexibility index (Phi) is 6.32. The monoisotopic (exact) mass is 646 g/mol. The number of anilines is 3. The number of rotatable bonds is 6. The lowest BCUT2D eigenvalue weighted by atomic mass is 10.1. The number of nitrogens with zero attached hydrogens (tertiary/aromatic N) is 6. The molecule has 0 aliphatic heterocycles. The lowest BCUT2D eigenvalue weighted by Gasteiger charge is -2.26. The minimum Gasteiger partial charge on any atom is -0.418 e. The molecule has 0 fully saturated rings. The van der Waals surface area contributed by atoms with E-state index in [1.807, 2.05) is 48.5 Å². The smallest absolute Gasteiger partial charge is 0.247 e. The van der Waals surface area contributed by atoms with E-state index in [2.05, 4.69) is 126 Å². The first-order valence-electron chi connectivity index (χ1n) is 16.3. The van der Waals surface area contributed by atoms with Gasteiger partial charge in [0, 0.05) is 57.0 Å². The van der Waals surface area contributed by atoms with E-state index in [9.17, 15) is 0 Å². The molecule has 0 N–H and O–H groups in total. The summed E-state index contributed by atoms with van der Waals surface area (Å²) in [5.74, 6) is 1.06. The number of aromatic nitrogens is 5. The summed E-state index contributed by atoms with van der Waals surface area (Å²) in [5.41, 5.74) is 10.6. The SMILES string of the molecule is c1cnc2oc(-c3ccc(N(c4ccc(-c5nc6cccnc6o5)cc4)c4ccc(-n5c6ccccc6c6ccccc65)cc4)cc3)nc2c1. The number of fused-ring (bicyclic) bond motifs is 5. The van der Waals surface area contributed by atoms with Gasteiger partial charge >= 0.3 is 0 Å². The van der Waals surface area contributed by atoms with E-state index in [0.717, 1.165) is 44.9 Å². The Hall–Kier alpha value is -7.06. The summed E-state index contributed by atoms with van der Waals surface area (Å²) in [7, 11) is 0. The van der Waals surface area contributed by atoms with Crippen molar-refractivity contribution in [3.05, 3.63) is 158 Å². The van der Waals surface area contributed by atoms with Crippen molar-refractivity contribution in [2.75, 3.05) is 4.90 Å². The Morgan fingerprint density at radius 1 is 0.440 bits per heavy atom. The third kappa shape index (κ3) is 4.62. The molecule has 0 atom stereocenters. The second kappa shape index (κ2) is 11.3. The summed E-state index contributed by atoms with van der Waals surface area (Å²) in [6, 6.07) is 49.8. The topological polar surface area (TPSA) is 86.0 Å². The molecule has 50 heavy (non-hydrogen) atoms. The number of para-hydroxylation sites is 2. The third-order valence-corrected chi connectivity index (χ3v) is 9.02. The van der Waals surface area contributed by atoms with E-state index in [1.54, 1.807) is 12.4 Å². The minimum atomic E-state index is 0.520. The van der Waals surface area contributed by atoms with Gasteiger partial charge in [0.25, 0.3) is 0 Å². The molecule has 8 nitrogen and oxygen atoms in total. The lowest BCUT2D eigenvalue weighted by molar-refractivity contribution is 0.607. The van der Waals surface area contributed by atoms with Crippen LogP contribution in [0.2, 0.25) is 0 Å². The second-order valence-electron chi connectivity index (χ2n) is 12.0. The zero-order chi connectivity index (χ0) is 33.0. The van der Waals surface area contributed by atoms with Crippen LogP contribution in [0.25, 0.3) is 72.9 Å². The molecule has 0 aliphatic rings. The van der Waals surface area contributed by atoms with Gasteiger partial charge < -0.3 is 18.3 Å². The molecule has 0 bridgehead atoms. The Labute approximate surface area is 285 Å². The van der Waals surface area contributed by atoms with Gasteiger partial charge in [0.05, 0.1) is 11.0 Å². The third-order valence-electron chi connectivity index (χ3n) is 9.02. The number of hydrogen-bond acceptors (Lipinski definition) is 7. The molecule has 0 amide bonds. The van der Waals surface area contributed by atoms with Gasteiger partial charge in [-0.3, -0.25) is 0 Å². The molecule has 5 aromatic heterocycles. The number of oxazole rings is 2. The summed E-state index contributed by atoms with van der Waals surface area (Å²) in [4.78, 5) is 20.1. The molecule has 10 aromatic rings. The molecule has 0 spiro atoms. The zero-order valence-corrected chi connectivity index (χ0v) is 26.5. The molecular weight excluding hydrogens is 621 g/mol. The van der Waals surface area contributed by atoms with Crippen molar-refractivity contribution in [3.63, 3.8) is 0 Å². The van der Waals surface area contributed by atoms with E-state index < -0.39 is 0 Å². The number of benzene rings is 5. The molecule has 0 aliphatic carbocycles. The molecular formula is C42H26N6O2. The average Bonchev–Trinajstić information content (AvgIpc) is 3.90. The van der Waals surface area contributed by atoms with Crippen molar-refractivity contribution < 1.29 is 8.83 Å². The van der Waals surface area contributed by atoms with Gasteiger partial charge in [-0.25, -0.2) is 19.9 Å². The van der Waals surface area contributed by atoms with Crippen LogP contribution in [-0.2, 0) is 0 Å². The highest BCUT2D eigenvalue weighted by Gasteiger charge is 2.17. The van der Waals surface area contributed by atoms with E-state index in [-0.39, 0.29) is 0 Å². The largest absolute Gasteiger partial charge is 0.418 e. The number of pyridine rings is 2. The van der Waals surface area contributed by atoms with Crippen molar-refractivity contribution in [1.82, 2.24) is 24.5 Å². The maximum absolute atomic E-state index is 5.95. The zero-order valence-electron chi connectivity index (χ0n) is 26.5. The fourth-order valence-electron chi connectivity index (χ4n) is 6.69. The van der Waals surface area contributed by atoms with E-state index in [4.69, 9.17) is 8.83 Å². The standard InChI is InChI=1S/C42H26N6O2/c1-3-11-37-33(7-1)34-8-2-4-12-38(34)48(37)32-23-21-31(22-24-32)47(29-17-13-27(14-18-29)39-45-35-9-5-25-43-41(35)49-39)30-19-15-28(16-20-30)40-46-36-10-6-26-44-42(36)50-40/h1-26H. The molecule has 0 unspecified atom stereocenters. The maximum Gasteiger partial charge on any atom is 0.247 e. The number of hydrogen-bond donors (Lipinski definition) is 0. The van der Waals surface area contributed by atoms with Gasteiger partial charge in [0.15, 0.2) is 0 Å². The fraction of sp³-hybridized carbons (Fsp3) is 0. The molecule has 10 rings (SSSR count). The van der Waals surface area contributed by atoms with Crippen LogP contribution in [0.5, 0.6) is 0 Å². The van der Waals surface area contributed by atoms with Gasteiger partial charge in [0.2, 0.25) is 23.2 Å². The summed E-state index contributed by atoms with van der Waals surface area (Å²) in [5, 5.41) is 2.47. The van der Waals surface area contributed by atoms with Gasteiger partial charge in [-0.15, -0.1) is 0 Å². The van der Waals surface area contributed by atoms with E-state index >= 15 is 0 Å². The van der Waals surface area contributed by atoms with Gasteiger partial charge in [-0.05, 0) is 109 Å². The molecule has 0 saturated heterocycles. The van der Waals surface area contributed by atoms with Crippen LogP contribution < -0.4 is 4.90 Å². The van der Waals surface area contributed by atoms with Crippen LogP contribution in [0.15, 0.2) is 167 Å². The van der Waals surface area contributed by atoms with Gasteiger partial charge in [-0.1, -0.05) is 36.4 Å². The molecule has 8 heteroatoms. The summed E-state index contributed by atoms with van der Waals surface area (Å²) in [6.45, 7) is 0. The lowest BCUT2D eigenvalue weighted by Crippen LogP contribution is -2.10. The Morgan fingerprint density at radius 2 is 0.880 bits per heavy atom. The second-order valence-corrected chi connectivity index (χ2v) is 12.0. The summed E-state index contributed by atoms with van der Waals surface area (Å²) >= 11 is 0. The van der Waals surface area contributed by atoms with Crippen LogP contribution in [-0.4, -0.2) is 24.5 Å². The predicted octanol–water partition coefficient (Wildman–Crippen LogP) is 10.7. The van der Waals surface area contributed by atoms with Gasteiger partial charge in [0.1, 0.15) is 11.0 Å². The van der Waals surface area contributed by atoms with Crippen molar-refractivity contribution in [3.8, 4) is 28.6 Å². The first-order chi connectivity index (χ1) is 24.8. The maximum atomic E-state index is 5.95. The molecule has 0 radical (unpaired) electrons. The van der Waals surface area contributed by atoms with Crippen LogP contribution >= 0.6 is 0 Å². The average molecular weight is 647 g/mol. The van der Waals surface area contributed by atoms with Crippen LogP contribution in [0.3, 0.4) is 0 Å². The highest BCUT2D eigenvalue weighted by Crippen LogP contribution is 2.38. The van der Waals surface area contributed by atoms with Crippen molar-refractivity contribution in [1.29, 1.82) is 0 Å². The van der Waals surface area contributed by atoms with Crippen LogP contribution in [0.4, 0.5) is 17.1 Å². The molecule has 5 heterocycles. The summed E-state index contributed by atoms with van der Waals surface area (Å²) < 4.78 is 14.2. The Balaban J connectivity index is 1.06. The quantitative estimate of drug-likeness (QED) is 0.178. The highest BCUT2D eigenvalue weighted by molar-refractivity contribution is 6.09. The first kappa shape index (κ1) is 28.0.